The molecule has 0 aliphatic carbocycles. The third kappa shape index (κ3) is 3.01. The normalized spacial score (nSPS) is 17.1. The Balaban J connectivity index is 2.22. The third-order valence-corrected chi connectivity index (χ3v) is 2.72. The first-order valence-electron chi connectivity index (χ1n) is 4.91. The number of H-pyrrole nitrogens is 1. The van der Waals surface area contributed by atoms with Crippen molar-refractivity contribution in [1.29, 1.82) is 0 Å². The Labute approximate surface area is 102 Å². The number of aromatic nitrogens is 1. The van der Waals surface area contributed by atoms with E-state index in [2.05, 4.69) is 15.3 Å². The summed E-state index contributed by atoms with van der Waals surface area (Å²) in [5, 5.41) is 2.65. The Morgan fingerprint density at radius 2 is 2.41 bits per heavy atom. The molecule has 1 aromatic heterocycles. The molecule has 1 aliphatic heterocycles. The van der Waals surface area contributed by atoms with Gasteiger partial charge >= 0.3 is 0 Å². The standard InChI is InChI=1S/C11H9N3O2S/c1-7(15)13-11-14-9(10(16)17-11)5-8-3-2-4-12-6-8/h2-6H,1H3,(H,13,14,15)/p+1. The smallest absolute Gasteiger partial charge is 0.245 e. The van der Waals surface area contributed by atoms with E-state index in [4.69, 9.17) is 0 Å². The van der Waals surface area contributed by atoms with Gasteiger partial charge in [0.05, 0.1) is 0 Å². The number of aromatic amines is 1. The quantitative estimate of drug-likeness (QED) is 0.740. The summed E-state index contributed by atoms with van der Waals surface area (Å²) in [6.45, 7) is 1.38. The largest absolute Gasteiger partial charge is 0.305 e. The number of pyridine rings is 1. The maximum absolute atomic E-state index is 11.6. The second-order valence-corrected chi connectivity index (χ2v) is 4.32. The molecular weight excluding hydrogens is 238 g/mol. The molecule has 5 nitrogen and oxygen atoms in total. The summed E-state index contributed by atoms with van der Waals surface area (Å²) >= 11 is 0.922. The van der Waals surface area contributed by atoms with E-state index in [1.807, 2.05) is 12.1 Å². The number of carbonyl (C=O) groups excluding carboxylic acids is 2. The first-order valence-corrected chi connectivity index (χ1v) is 5.73. The van der Waals surface area contributed by atoms with Gasteiger partial charge < -0.3 is 5.32 Å². The van der Waals surface area contributed by atoms with Crippen molar-refractivity contribution in [2.24, 2.45) is 4.99 Å². The van der Waals surface area contributed by atoms with E-state index in [0.717, 1.165) is 17.3 Å². The predicted octanol–water partition coefficient (Wildman–Crippen LogP) is 0.607. The van der Waals surface area contributed by atoms with Gasteiger partial charge in [0, 0.05) is 18.6 Å². The van der Waals surface area contributed by atoms with Crippen molar-refractivity contribution in [3.8, 4) is 0 Å². The minimum Gasteiger partial charge on any atom is -0.305 e. The van der Waals surface area contributed by atoms with E-state index < -0.39 is 0 Å². The van der Waals surface area contributed by atoms with Crippen LogP contribution in [0.2, 0.25) is 0 Å². The number of hydrogen-bond donors (Lipinski definition) is 1. The fourth-order valence-corrected chi connectivity index (χ4v) is 1.99. The van der Waals surface area contributed by atoms with Crippen molar-refractivity contribution in [3.05, 3.63) is 35.8 Å². The second-order valence-electron chi connectivity index (χ2n) is 3.35. The lowest BCUT2D eigenvalue weighted by atomic mass is 10.2. The van der Waals surface area contributed by atoms with Crippen molar-refractivity contribution in [2.45, 2.75) is 6.92 Å². The summed E-state index contributed by atoms with van der Waals surface area (Å²) in [6, 6.07) is 3.69. The summed E-state index contributed by atoms with van der Waals surface area (Å²) < 4.78 is 0. The molecule has 2 N–H and O–H groups in total. The number of nitrogens with zero attached hydrogens (tertiary/aromatic N) is 1. The monoisotopic (exact) mass is 248 g/mol. The highest BCUT2D eigenvalue weighted by atomic mass is 32.2. The third-order valence-electron chi connectivity index (χ3n) is 1.94. The topological polar surface area (TPSA) is 72.7 Å². The molecule has 0 bridgehead atoms. The number of amides is 1. The van der Waals surface area contributed by atoms with Crippen molar-refractivity contribution >= 4 is 34.0 Å². The average molecular weight is 248 g/mol. The van der Waals surface area contributed by atoms with Crippen LogP contribution in [0.5, 0.6) is 0 Å². The summed E-state index contributed by atoms with van der Waals surface area (Å²) in [5.41, 5.74) is 1.18. The van der Waals surface area contributed by atoms with Crippen LogP contribution in [0.15, 0.2) is 35.2 Å². The molecule has 2 heterocycles. The Bertz CT molecular complexity index is 523. The zero-order chi connectivity index (χ0) is 12.3. The molecule has 0 aromatic carbocycles. The molecule has 0 radical (unpaired) electrons. The molecule has 2 rings (SSSR count). The van der Waals surface area contributed by atoms with E-state index in [-0.39, 0.29) is 11.0 Å². The highest BCUT2D eigenvalue weighted by Gasteiger charge is 2.22. The van der Waals surface area contributed by atoms with Gasteiger partial charge in [-0.05, 0) is 23.9 Å². The van der Waals surface area contributed by atoms with Gasteiger partial charge in [-0.1, -0.05) is 0 Å². The van der Waals surface area contributed by atoms with Crippen LogP contribution >= 0.6 is 11.8 Å². The van der Waals surface area contributed by atoms with Crippen LogP contribution in [0.4, 0.5) is 0 Å². The van der Waals surface area contributed by atoms with E-state index in [9.17, 15) is 9.59 Å². The molecule has 0 fully saturated rings. The SMILES string of the molecule is CC(=O)NC1=NC(=Cc2ccc[nH+]c2)C(=O)S1. The molecule has 86 valence electrons. The minimum absolute atomic E-state index is 0.169. The van der Waals surface area contributed by atoms with Crippen LogP contribution in [-0.4, -0.2) is 16.2 Å². The Kier molecular flexibility index (Phi) is 3.34. The zero-order valence-electron chi connectivity index (χ0n) is 9.06. The summed E-state index contributed by atoms with van der Waals surface area (Å²) in [5.74, 6) is -0.238. The maximum Gasteiger partial charge on any atom is 0.245 e. The highest BCUT2D eigenvalue weighted by Crippen LogP contribution is 2.23. The first kappa shape index (κ1) is 11.5. The number of thioether (sulfide) groups is 1. The van der Waals surface area contributed by atoms with Gasteiger partial charge in [-0.15, -0.1) is 0 Å². The summed E-state index contributed by atoms with van der Waals surface area (Å²) in [7, 11) is 0. The molecule has 0 atom stereocenters. The van der Waals surface area contributed by atoms with Crippen molar-refractivity contribution in [3.63, 3.8) is 0 Å². The molecule has 0 saturated carbocycles. The number of rotatable bonds is 1. The van der Waals surface area contributed by atoms with E-state index in [0.29, 0.717) is 10.9 Å². The summed E-state index contributed by atoms with van der Waals surface area (Å²) in [4.78, 5) is 29.4. The van der Waals surface area contributed by atoms with Crippen LogP contribution < -0.4 is 10.3 Å². The Morgan fingerprint density at radius 3 is 3.06 bits per heavy atom. The van der Waals surface area contributed by atoms with Crippen molar-refractivity contribution in [2.75, 3.05) is 0 Å². The lowest BCUT2D eigenvalue weighted by Gasteiger charge is -1.94. The Morgan fingerprint density at radius 1 is 1.59 bits per heavy atom. The predicted molar refractivity (Wildman–Crippen MR) is 64.8 cm³/mol. The van der Waals surface area contributed by atoms with Gasteiger partial charge in [0.15, 0.2) is 17.6 Å². The number of hydrogen-bond acceptors (Lipinski definition) is 4. The molecule has 17 heavy (non-hydrogen) atoms. The molecule has 0 unspecified atom stereocenters. The van der Waals surface area contributed by atoms with E-state index in [1.165, 1.54) is 6.92 Å². The van der Waals surface area contributed by atoms with Crippen molar-refractivity contribution < 1.29 is 14.6 Å². The lowest BCUT2D eigenvalue weighted by molar-refractivity contribution is -0.378. The molecular formula is C11H10N3O2S+. The van der Waals surface area contributed by atoms with Crippen LogP contribution in [0.25, 0.3) is 6.08 Å². The molecule has 0 saturated heterocycles. The van der Waals surface area contributed by atoms with Crippen LogP contribution in [0.1, 0.15) is 12.5 Å². The van der Waals surface area contributed by atoms with Gasteiger partial charge in [-0.3, -0.25) is 9.59 Å². The van der Waals surface area contributed by atoms with Gasteiger partial charge in [0.2, 0.25) is 11.0 Å². The minimum atomic E-state index is -0.238. The molecule has 0 spiro atoms. The van der Waals surface area contributed by atoms with Gasteiger partial charge in [0.25, 0.3) is 0 Å². The van der Waals surface area contributed by atoms with E-state index in [1.54, 1.807) is 18.5 Å². The van der Waals surface area contributed by atoms with Crippen LogP contribution in [0, 0.1) is 0 Å². The number of amidine groups is 1. The summed E-state index contributed by atoms with van der Waals surface area (Å²) in [6.07, 6.45) is 5.21. The molecule has 1 aliphatic rings. The molecule has 1 aromatic rings. The Hall–Kier alpha value is -1.95. The number of aliphatic imine (C=N–C) groups is 1. The van der Waals surface area contributed by atoms with Crippen LogP contribution in [-0.2, 0) is 9.59 Å². The van der Waals surface area contributed by atoms with Gasteiger partial charge in [0.1, 0.15) is 5.70 Å². The number of carbonyl (C=O) groups is 2. The second kappa shape index (κ2) is 4.92. The molecule has 1 amide bonds. The zero-order valence-corrected chi connectivity index (χ0v) is 9.88. The fraction of sp³-hybridized carbons (Fsp3) is 0.0909. The fourth-order valence-electron chi connectivity index (χ4n) is 1.27. The van der Waals surface area contributed by atoms with Crippen LogP contribution in [0.3, 0.4) is 0 Å². The number of nitrogens with one attached hydrogen (secondary N) is 2. The van der Waals surface area contributed by atoms with Crippen molar-refractivity contribution in [1.82, 2.24) is 5.32 Å². The maximum atomic E-state index is 11.6. The lowest BCUT2D eigenvalue weighted by Crippen LogP contribution is -2.24. The van der Waals surface area contributed by atoms with E-state index >= 15 is 0 Å². The molecule has 6 heteroatoms. The highest BCUT2D eigenvalue weighted by molar-refractivity contribution is 8.27. The first-order chi connectivity index (χ1) is 8.15. The average Bonchev–Trinajstić information content (AvgIpc) is 2.59. The van der Waals surface area contributed by atoms with Gasteiger partial charge in [-0.2, -0.15) is 0 Å². The van der Waals surface area contributed by atoms with Gasteiger partial charge in [-0.25, -0.2) is 9.98 Å².